The van der Waals surface area contributed by atoms with E-state index in [1.165, 1.54) is 0 Å². The first-order valence-electron chi connectivity index (χ1n) is 5.97. The summed E-state index contributed by atoms with van der Waals surface area (Å²) >= 11 is 0. The fraction of sp³-hybridized carbons (Fsp3) is 0.417. The number of nitrogens with one attached hydrogen (secondary N) is 1. The van der Waals surface area contributed by atoms with Gasteiger partial charge < -0.3 is 4.74 Å². The number of carbonyl (C=O) groups is 1. The van der Waals surface area contributed by atoms with Crippen LogP contribution in [0.15, 0.2) is 23.1 Å². The first-order chi connectivity index (χ1) is 9.36. The number of hydrogen-bond donors (Lipinski definition) is 1. The molecule has 1 N–H and O–H groups in total. The van der Waals surface area contributed by atoms with Crippen LogP contribution in [0.3, 0.4) is 0 Å². The molecule has 0 saturated carbocycles. The number of esters is 1. The lowest BCUT2D eigenvalue weighted by Gasteiger charge is -2.07. The monoisotopic (exact) mass is 307 g/mol. The molecule has 0 heterocycles. The van der Waals surface area contributed by atoms with Crippen molar-refractivity contribution in [2.24, 2.45) is 0 Å². The molecular weight excluding hydrogens is 292 g/mol. The maximum atomic E-state index is 13.4. The molecule has 0 unspecified atom stereocenters. The van der Waals surface area contributed by atoms with Gasteiger partial charge in [0.05, 0.1) is 6.61 Å². The summed E-state index contributed by atoms with van der Waals surface area (Å²) in [5.74, 6) is -2.45. The third kappa shape index (κ3) is 4.86. The summed E-state index contributed by atoms with van der Waals surface area (Å²) in [5, 5.41) is 0. The van der Waals surface area contributed by atoms with E-state index in [1.54, 1.807) is 6.92 Å². The molecule has 0 atom stereocenters. The van der Waals surface area contributed by atoms with Gasteiger partial charge in [-0.25, -0.2) is 21.9 Å². The molecule has 0 bridgehead atoms. The Hall–Kier alpha value is -1.54. The number of hydrogen-bond acceptors (Lipinski definition) is 4. The number of halogens is 2. The van der Waals surface area contributed by atoms with E-state index in [-0.39, 0.29) is 26.0 Å². The number of sulfonamides is 1. The zero-order valence-corrected chi connectivity index (χ0v) is 11.7. The molecule has 0 saturated heterocycles. The van der Waals surface area contributed by atoms with E-state index in [1.807, 2.05) is 0 Å². The summed E-state index contributed by atoms with van der Waals surface area (Å²) in [4.78, 5) is 10.4. The van der Waals surface area contributed by atoms with Gasteiger partial charge in [0.1, 0.15) is 16.5 Å². The highest BCUT2D eigenvalue weighted by Gasteiger charge is 2.19. The van der Waals surface area contributed by atoms with Crippen molar-refractivity contribution in [1.82, 2.24) is 4.72 Å². The molecule has 1 rings (SSSR count). The Bertz CT molecular complexity index is 575. The van der Waals surface area contributed by atoms with Gasteiger partial charge >= 0.3 is 5.97 Å². The van der Waals surface area contributed by atoms with E-state index in [9.17, 15) is 22.0 Å². The van der Waals surface area contributed by atoms with Gasteiger partial charge in [-0.3, -0.25) is 4.79 Å². The van der Waals surface area contributed by atoms with E-state index in [0.29, 0.717) is 6.07 Å². The first-order valence-corrected chi connectivity index (χ1v) is 7.45. The van der Waals surface area contributed by atoms with Crippen molar-refractivity contribution in [3.05, 3.63) is 29.8 Å². The molecule has 112 valence electrons. The fourth-order valence-electron chi connectivity index (χ4n) is 1.44. The Balaban J connectivity index is 2.56. The minimum atomic E-state index is -4.06. The van der Waals surface area contributed by atoms with Gasteiger partial charge in [-0.1, -0.05) is 0 Å². The highest BCUT2D eigenvalue weighted by Crippen LogP contribution is 2.15. The van der Waals surface area contributed by atoms with Gasteiger partial charge in [-0.15, -0.1) is 0 Å². The van der Waals surface area contributed by atoms with E-state index in [0.717, 1.165) is 12.1 Å². The standard InChI is InChI=1S/C12H15F2NO4S/c1-2-19-12(16)4-3-7-15-20(17,18)11-6-5-9(13)8-10(11)14/h5-6,8,15H,2-4,7H2,1H3. The third-order valence-electron chi connectivity index (χ3n) is 2.34. The topological polar surface area (TPSA) is 72.5 Å². The van der Waals surface area contributed by atoms with E-state index >= 15 is 0 Å². The van der Waals surface area contributed by atoms with Crippen LogP contribution in [0.25, 0.3) is 0 Å². The maximum absolute atomic E-state index is 13.4. The summed E-state index contributed by atoms with van der Waals surface area (Å²) in [6.45, 7) is 1.88. The summed E-state index contributed by atoms with van der Waals surface area (Å²) in [5.41, 5.74) is 0. The summed E-state index contributed by atoms with van der Waals surface area (Å²) in [6, 6.07) is 2.20. The molecule has 1 aromatic rings. The molecule has 0 aliphatic heterocycles. The van der Waals surface area contributed by atoms with Crippen LogP contribution < -0.4 is 4.72 Å². The van der Waals surface area contributed by atoms with Gasteiger partial charge in [-0.2, -0.15) is 0 Å². The largest absolute Gasteiger partial charge is 0.466 e. The van der Waals surface area contributed by atoms with Crippen LogP contribution in [0, 0.1) is 11.6 Å². The van der Waals surface area contributed by atoms with E-state index < -0.39 is 32.5 Å². The molecule has 5 nitrogen and oxygen atoms in total. The second-order valence-corrected chi connectivity index (χ2v) is 5.62. The third-order valence-corrected chi connectivity index (χ3v) is 3.83. The molecule has 0 fully saturated rings. The van der Waals surface area contributed by atoms with Crippen molar-refractivity contribution in [2.45, 2.75) is 24.7 Å². The lowest BCUT2D eigenvalue weighted by atomic mass is 10.3. The highest BCUT2D eigenvalue weighted by atomic mass is 32.2. The molecule has 0 aliphatic carbocycles. The van der Waals surface area contributed by atoms with Crippen molar-refractivity contribution >= 4 is 16.0 Å². The molecule has 1 aromatic carbocycles. The lowest BCUT2D eigenvalue weighted by molar-refractivity contribution is -0.143. The Kier molecular flexibility index (Phi) is 6.03. The lowest BCUT2D eigenvalue weighted by Crippen LogP contribution is -2.26. The van der Waals surface area contributed by atoms with Crippen LogP contribution in [0.2, 0.25) is 0 Å². The summed E-state index contributed by atoms with van der Waals surface area (Å²) in [6.07, 6.45) is 0.281. The SMILES string of the molecule is CCOC(=O)CCCNS(=O)(=O)c1ccc(F)cc1F. The molecule has 8 heteroatoms. The summed E-state index contributed by atoms with van der Waals surface area (Å²) in [7, 11) is -4.06. The minimum Gasteiger partial charge on any atom is -0.466 e. The second-order valence-electron chi connectivity index (χ2n) is 3.88. The molecule has 0 radical (unpaired) electrons. The van der Waals surface area contributed by atoms with Gasteiger partial charge in [0.2, 0.25) is 10.0 Å². The second kappa shape index (κ2) is 7.30. The Morgan fingerprint density at radius 1 is 1.35 bits per heavy atom. The van der Waals surface area contributed by atoms with Gasteiger partial charge in [-0.05, 0) is 25.5 Å². The van der Waals surface area contributed by atoms with Crippen molar-refractivity contribution in [3.8, 4) is 0 Å². The fourth-order valence-corrected chi connectivity index (χ4v) is 2.57. The maximum Gasteiger partial charge on any atom is 0.305 e. The van der Waals surface area contributed by atoms with Crippen molar-refractivity contribution in [2.75, 3.05) is 13.2 Å². The first kappa shape index (κ1) is 16.5. The van der Waals surface area contributed by atoms with Crippen LogP contribution in [0.4, 0.5) is 8.78 Å². The average Bonchev–Trinajstić information content (AvgIpc) is 2.34. The van der Waals surface area contributed by atoms with E-state index in [4.69, 9.17) is 0 Å². The zero-order valence-electron chi connectivity index (χ0n) is 10.9. The molecular formula is C12H15F2NO4S. The Morgan fingerprint density at radius 3 is 2.65 bits per heavy atom. The van der Waals surface area contributed by atoms with Crippen LogP contribution in [0.5, 0.6) is 0 Å². The Morgan fingerprint density at radius 2 is 2.05 bits per heavy atom. The van der Waals surface area contributed by atoms with Crippen LogP contribution in [-0.2, 0) is 19.6 Å². The number of benzene rings is 1. The van der Waals surface area contributed by atoms with Crippen LogP contribution in [-0.4, -0.2) is 27.5 Å². The molecule has 0 amide bonds. The van der Waals surface area contributed by atoms with Gasteiger partial charge in [0.25, 0.3) is 0 Å². The van der Waals surface area contributed by atoms with Crippen LogP contribution >= 0.6 is 0 Å². The number of rotatable bonds is 7. The minimum absolute atomic E-state index is 0.0437. The predicted octanol–water partition coefficient (Wildman–Crippen LogP) is 1.59. The van der Waals surface area contributed by atoms with Crippen molar-refractivity contribution in [1.29, 1.82) is 0 Å². The predicted molar refractivity (Wildman–Crippen MR) is 67.4 cm³/mol. The van der Waals surface area contributed by atoms with Crippen molar-refractivity contribution < 1.29 is 26.7 Å². The Labute approximate surface area is 116 Å². The molecule has 0 aliphatic rings. The normalized spacial score (nSPS) is 11.3. The zero-order chi connectivity index (χ0) is 15.2. The van der Waals surface area contributed by atoms with E-state index in [2.05, 4.69) is 9.46 Å². The smallest absolute Gasteiger partial charge is 0.305 e. The average molecular weight is 307 g/mol. The van der Waals surface area contributed by atoms with Crippen molar-refractivity contribution in [3.63, 3.8) is 0 Å². The molecule has 20 heavy (non-hydrogen) atoms. The number of carbonyl (C=O) groups excluding carboxylic acids is 1. The van der Waals surface area contributed by atoms with Gasteiger partial charge in [0, 0.05) is 19.0 Å². The summed E-state index contributed by atoms with van der Waals surface area (Å²) < 4.78 is 56.3. The van der Waals surface area contributed by atoms with Gasteiger partial charge in [0.15, 0.2) is 0 Å². The molecule has 0 spiro atoms. The molecule has 0 aromatic heterocycles. The quantitative estimate of drug-likeness (QED) is 0.613. The number of ether oxygens (including phenoxy) is 1. The highest BCUT2D eigenvalue weighted by molar-refractivity contribution is 7.89. The van der Waals surface area contributed by atoms with Crippen LogP contribution in [0.1, 0.15) is 19.8 Å².